The summed E-state index contributed by atoms with van der Waals surface area (Å²) in [6.45, 7) is 2.02. The third kappa shape index (κ3) is 2.38. The number of rotatable bonds is 2. The Morgan fingerprint density at radius 1 is 0.875 bits per heavy atom. The lowest BCUT2D eigenvalue weighted by atomic mass is 10.1. The van der Waals surface area contributed by atoms with E-state index in [-0.39, 0.29) is 5.56 Å². The predicted molar refractivity (Wildman–Crippen MR) is 95.3 cm³/mol. The highest BCUT2D eigenvalue weighted by molar-refractivity contribution is 5.76. The number of pyridine rings is 1. The third-order valence-electron chi connectivity index (χ3n) is 3.95. The molecule has 4 nitrogen and oxygen atoms in total. The van der Waals surface area contributed by atoms with Crippen molar-refractivity contribution in [2.45, 2.75) is 6.92 Å². The minimum Gasteiger partial charge on any atom is -0.266 e. The zero-order valence-corrected chi connectivity index (χ0v) is 13.2. The van der Waals surface area contributed by atoms with Gasteiger partial charge in [0.1, 0.15) is 5.82 Å². The molecule has 24 heavy (non-hydrogen) atoms. The molecular weight excluding hydrogens is 298 g/mol. The molecule has 2 aromatic heterocycles. The van der Waals surface area contributed by atoms with Crippen LogP contribution in [-0.2, 0) is 0 Å². The fourth-order valence-electron chi connectivity index (χ4n) is 2.73. The van der Waals surface area contributed by atoms with Crippen molar-refractivity contribution in [2.75, 3.05) is 0 Å². The maximum atomic E-state index is 13.1. The summed E-state index contributed by atoms with van der Waals surface area (Å²) in [5.41, 5.74) is 3.62. The molecular formula is C20H15N3O. The van der Waals surface area contributed by atoms with Crippen LogP contribution in [0, 0.1) is 6.92 Å². The van der Waals surface area contributed by atoms with Crippen molar-refractivity contribution in [2.24, 2.45) is 0 Å². The number of benzene rings is 2. The smallest absolute Gasteiger partial charge is 0.266 e. The second-order valence-corrected chi connectivity index (χ2v) is 5.65. The minimum atomic E-state index is -0.164. The quantitative estimate of drug-likeness (QED) is 0.566. The summed E-state index contributed by atoms with van der Waals surface area (Å²) in [6, 6.07) is 21.2. The summed E-state index contributed by atoms with van der Waals surface area (Å²) >= 11 is 0. The van der Waals surface area contributed by atoms with Crippen molar-refractivity contribution in [1.82, 2.24) is 14.5 Å². The first-order chi connectivity index (χ1) is 11.7. The van der Waals surface area contributed by atoms with Crippen LogP contribution in [0.3, 0.4) is 0 Å². The van der Waals surface area contributed by atoms with Gasteiger partial charge in [-0.25, -0.2) is 9.97 Å². The van der Waals surface area contributed by atoms with Crippen molar-refractivity contribution in [3.63, 3.8) is 0 Å². The van der Waals surface area contributed by atoms with Gasteiger partial charge in [-0.2, -0.15) is 0 Å². The van der Waals surface area contributed by atoms with E-state index in [2.05, 4.69) is 4.98 Å². The van der Waals surface area contributed by atoms with Gasteiger partial charge in [0.25, 0.3) is 5.56 Å². The summed E-state index contributed by atoms with van der Waals surface area (Å²) in [5.74, 6) is 0.616. The minimum absolute atomic E-state index is 0.164. The van der Waals surface area contributed by atoms with Gasteiger partial charge >= 0.3 is 0 Å². The molecule has 0 amide bonds. The zero-order valence-electron chi connectivity index (χ0n) is 13.2. The average Bonchev–Trinajstić information content (AvgIpc) is 2.63. The van der Waals surface area contributed by atoms with E-state index in [9.17, 15) is 4.79 Å². The summed E-state index contributed by atoms with van der Waals surface area (Å²) < 4.78 is 1.63. The molecule has 0 aliphatic rings. The van der Waals surface area contributed by atoms with Gasteiger partial charge < -0.3 is 0 Å². The van der Waals surface area contributed by atoms with Crippen LogP contribution in [0.15, 0.2) is 77.7 Å². The first kappa shape index (κ1) is 14.3. The largest absolute Gasteiger partial charge is 0.284 e. The Bertz CT molecular complexity index is 1070. The fraction of sp³-hybridized carbons (Fsp3) is 0.0500. The topological polar surface area (TPSA) is 47.8 Å². The van der Waals surface area contributed by atoms with Crippen molar-refractivity contribution in [3.8, 4) is 17.1 Å². The molecule has 2 aromatic carbocycles. The number of nitrogens with zero attached hydrogens (tertiary/aromatic N) is 3. The van der Waals surface area contributed by atoms with Crippen LogP contribution in [0.2, 0.25) is 0 Å². The van der Waals surface area contributed by atoms with E-state index in [4.69, 9.17) is 4.98 Å². The number of aryl methyl sites for hydroxylation is 1. The Hall–Kier alpha value is -3.27. The molecule has 0 saturated carbocycles. The van der Waals surface area contributed by atoms with E-state index >= 15 is 0 Å². The van der Waals surface area contributed by atoms with Gasteiger partial charge in [-0.15, -0.1) is 0 Å². The van der Waals surface area contributed by atoms with Crippen LogP contribution in [0.5, 0.6) is 0 Å². The standard InChI is InChI=1S/C20H15N3O/c1-14-9-11-16(12-10-14)23-19(15-6-3-2-4-7-15)22-17-8-5-13-21-18(17)20(23)24/h2-13H,1H3. The van der Waals surface area contributed by atoms with Gasteiger partial charge in [0.2, 0.25) is 0 Å². The Balaban J connectivity index is 2.11. The van der Waals surface area contributed by atoms with Crippen LogP contribution < -0.4 is 5.56 Å². The number of aromatic nitrogens is 3. The lowest BCUT2D eigenvalue weighted by molar-refractivity contribution is 0.967. The Morgan fingerprint density at radius 3 is 2.38 bits per heavy atom. The maximum absolute atomic E-state index is 13.1. The molecule has 0 N–H and O–H groups in total. The molecule has 0 unspecified atom stereocenters. The summed E-state index contributed by atoms with van der Waals surface area (Å²) in [5, 5.41) is 0. The highest BCUT2D eigenvalue weighted by Crippen LogP contribution is 2.21. The average molecular weight is 313 g/mol. The molecule has 0 fully saturated rings. The maximum Gasteiger partial charge on any atom is 0.284 e. The van der Waals surface area contributed by atoms with E-state index in [1.165, 1.54) is 0 Å². The first-order valence-electron chi connectivity index (χ1n) is 7.74. The second-order valence-electron chi connectivity index (χ2n) is 5.65. The Morgan fingerprint density at radius 2 is 1.62 bits per heavy atom. The molecule has 4 aromatic rings. The molecule has 2 heterocycles. The van der Waals surface area contributed by atoms with E-state index in [0.29, 0.717) is 16.9 Å². The van der Waals surface area contributed by atoms with Gasteiger partial charge in [0.15, 0.2) is 5.52 Å². The van der Waals surface area contributed by atoms with Crippen molar-refractivity contribution in [1.29, 1.82) is 0 Å². The van der Waals surface area contributed by atoms with Gasteiger partial charge in [0, 0.05) is 11.8 Å². The van der Waals surface area contributed by atoms with E-state index < -0.39 is 0 Å². The fourth-order valence-corrected chi connectivity index (χ4v) is 2.73. The van der Waals surface area contributed by atoms with Crippen LogP contribution in [0.25, 0.3) is 28.1 Å². The van der Waals surface area contributed by atoms with E-state index in [1.54, 1.807) is 16.8 Å². The normalized spacial score (nSPS) is 10.9. The Kier molecular flexibility index (Phi) is 3.43. The molecule has 116 valence electrons. The highest BCUT2D eigenvalue weighted by Gasteiger charge is 2.14. The van der Waals surface area contributed by atoms with Crippen molar-refractivity contribution >= 4 is 11.0 Å². The highest BCUT2D eigenvalue weighted by atomic mass is 16.1. The van der Waals surface area contributed by atoms with Gasteiger partial charge in [-0.3, -0.25) is 9.36 Å². The second kappa shape index (κ2) is 5.74. The zero-order chi connectivity index (χ0) is 16.5. The van der Waals surface area contributed by atoms with Crippen molar-refractivity contribution in [3.05, 3.63) is 88.8 Å². The molecule has 4 rings (SSSR count). The SMILES string of the molecule is Cc1ccc(-n2c(-c3ccccc3)nc3cccnc3c2=O)cc1. The number of fused-ring (bicyclic) bond motifs is 1. The molecule has 0 aliphatic carbocycles. The lowest BCUT2D eigenvalue weighted by Gasteiger charge is -2.13. The number of hydrogen-bond acceptors (Lipinski definition) is 3. The van der Waals surface area contributed by atoms with Crippen LogP contribution in [0.4, 0.5) is 0 Å². The molecule has 0 spiro atoms. The van der Waals surface area contributed by atoms with Gasteiger partial charge in [-0.05, 0) is 31.2 Å². The van der Waals surface area contributed by atoms with Crippen LogP contribution in [0.1, 0.15) is 5.56 Å². The first-order valence-corrected chi connectivity index (χ1v) is 7.74. The molecule has 0 bridgehead atoms. The van der Waals surface area contributed by atoms with Crippen LogP contribution in [-0.4, -0.2) is 14.5 Å². The van der Waals surface area contributed by atoms with Gasteiger partial charge in [-0.1, -0.05) is 48.0 Å². The Labute approximate surface area is 139 Å². The van der Waals surface area contributed by atoms with E-state index in [1.807, 2.05) is 67.6 Å². The van der Waals surface area contributed by atoms with Crippen LogP contribution >= 0.6 is 0 Å². The monoisotopic (exact) mass is 313 g/mol. The number of hydrogen-bond donors (Lipinski definition) is 0. The van der Waals surface area contributed by atoms with Crippen molar-refractivity contribution < 1.29 is 0 Å². The molecule has 0 saturated heterocycles. The summed E-state index contributed by atoms with van der Waals surface area (Å²) in [4.78, 5) is 22.0. The third-order valence-corrected chi connectivity index (χ3v) is 3.95. The summed E-state index contributed by atoms with van der Waals surface area (Å²) in [6.07, 6.45) is 1.62. The lowest BCUT2D eigenvalue weighted by Crippen LogP contribution is -2.22. The molecule has 0 aliphatic heterocycles. The molecule has 0 atom stereocenters. The van der Waals surface area contributed by atoms with Gasteiger partial charge in [0.05, 0.1) is 11.2 Å². The summed E-state index contributed by atoms with van der Waals surface area (Å²) in [7, 11) is 0. The predicted octanol–water partition coefficient (Wildman–Crippen LogP) is 3.76. The van der Waals surface area contributed by atoms with E-state index in [0.717, 1.165) is 16.8 Å². The molecule has 0 radical (unpaired) electrons. The molecule has 4 heteroatoms.